The Labute approximate surface area is 239 Å². The molecule has 9 nitrogen and oxygen atoms in total. The van der Waals surface area contributed by atoms with Crippen LogP contribution in [0.2, 0.25) is 0 Å². The first kappa shape index (κ1) is 26.2. The van der Waals surface area contributed by atoms with Crippen molar-refractivity contribution >= 4 is 17.0 Å². The van der Waals surface area contributed by atoms with Crippen molar-refractivity contribution in [3.63, 3.8) is 0 Å². The Kier molecular flexibility index (Phi) is 7.22. The maximum absolute atomic E-state index is 11.6. The highest BCUT2D eigenvalue weighted by atomic mass is 16.5. The van der Waals surface area contributed by atoms with Gasteiger partial charge in [0.25, 0.3) is 0 Å². The van der Waals surface area contributed by atoms with Crippen LogP contribution in [0.4, 0.5) is 0 Å². The van der Waals surface area contributed by atoms with Gasteiger partial charge in [-0.25, -0.2) is 9.78 Å². The minimum atomic E-state index is -0.919. The van der Waals surface area contributed by atoms with E-state index in [1.165, 1.54) is 24.1 Å². The summed E-state index contributed by atoms with van der Waals surface area (Å²) in [5.74, 6) is 0.876. The number of likely N-dealkylation sites (tertiary alicyclic amines) is 1. The van der Waals surface area contributed by atoms with Gasteiger partial charge in [-0.2, -0.15) is 0 Å². The molecule has 2 fully saturated rings. The third-order valence-corrected chi connectivity index (χ3v) is 8.91. The molecule has 0 saturated carbocycles. The van der Waals surface area contributed by atoms with Crippen molar-refractivity contribution < 1.29 is 19.4 Å². The van der Waals surface area contributed by atoms with Gasteiger partial charge in [0, 0.05) is 31.0 Å². The van der Waals surface area contributed by atoms with Gasteiger partial charge < -0.3 is 19.1 Å². The monoisotopic (exact) mass is 555 g/mol. The van der Waals surface area contributed by atoms with E-state index in [1.807, 2.05) is 24.3 Å². The zero-order valence-corrected chi connectivity index (χ0v) is 23.4. The number of carboxylic acids is 1. The lowest BCUT2D eigenvalue weighted by atomic mass is 9.96. The normalized spacial score (nSPS) is 19.7. The highest BCUT2D eigenvalue weighted by molar-refractivity contribution is 5.92. The van der Waals surface area contributed by atoms with Crippen molar-refractivity contribution in [2.24, 2.45) is 0 Å². The molecule has 9 heteroatoms. The second-order valence-electron chi connectivity index (χ2n) is 11.6. The summed E-state index contributed by atoms with van der Waals surface area (Å²) in [7, 11) is 0. The molecule has 0 bridgehead atoms. The standard InChI is InChI=1S/C32H37N5O4/c38-32(39)23-10-11-27-29(18-23)36(19-25-14-17-40-25)30(33-27)20-35-15-12-24(13-16-35)37-28-9-5-4-8-26(28)31(34-37)41-21-22-6-2-1-3-7-22/h1-3,6-7,10-11,18,24-25H,4-5,8-9,12-17,19-21H2,(H,38,39)/t25-/m0/s1. The predicted octanol–water partition coefficient (Wildman–Crippen LogP) is 5.01. The fourth-order valence-electron chi connectivity index (χ4n) is 6.52. The summed E-state index contributed by atoms with van der Waals surface area (Å²) in [6.45, 7) is 4.70. The van der Waals surface area contributed by atoms with E-state index in [0.717, 1.165) is 86.6 Å². The number of aromatic carboxylic acids is 1. The molecule has 1 atom stereocenters. The number of fused-ring (bicyclic) bond motifs is 2. The Hall–Kier alpha value is -3.69. The first-order chi connectivity index (χ1) is 20.1. The number of piperidine rings is 1. The van der Waals surface area contributed by atoms with Gasteiger partial charge in [-0.15, -0.1) is 5.10 Å². The van der Waals surface area contributed by atoms with Crippen LogP contribution in [0.25, 0.3) is 11.0 Å². The Morgan fingerprint density at radius 1 is 1.05 bits per heavy atom. The molecule has 0 unspecified atom stereocenters. The number of ether oxygens (including phenoxy) is 2. The molecule has 41 heavy (non-hydrogen) atoms. The van der Waals surface area contributed by atoms with E-state index >= 15 is 0 Å². The van der Waals surface area contributed by atoms with Crippen LogP contribution in [-0.4, -0.2) is 61.1 Å². The molecule has 4 aromatic rings. The van der Waals surface area contributed by atoms with Crippen molar-refractivity contribution in [1.29, 1.82) is 0 Å². The highest BCUT2D eigenvalue weighted by Gasteiger charge is 2.30. The molecule has 2 aromatic heterocycles. The van der Waals surface area contributed by atoms with Gasteiger partial charge in [-0.3, -0.25) is 9.58 Å². The van der Waals surface area contributed by atoms with E-state index in [4.69, 9.17) is 19.6 Å². The van der Waals surface area contributed by atoms with E-state index in [0.29, 0.717) is 19.2 Å². The number of rotatable bonds is 9. The zero-order chi connectivity index (χ0) is 27.8. The average molecular weight is 556 g/mol. The molecule has 1 aliphatic carbocycles. The lowest BCUT2D eigenvalue weighted by molar-refractivity contribution is -0.0592. The van der Waals surface area contributed by atoms with Crippen molar-refractivity contribution in [1.82, 2.24) is 24.2 Å². The molecule has 0 radical (unpaired) electrons. The van der Waals surface area contributed by atoms with E-state index < -0.39 is 5.97 Å². The summed E-state index contributed by atoms with van der Waals surface area (Å²) in [4.78, 5) is 19.0. The lowest BCUT2D eigenvalue weighted by Gasteiger charge is -2.33. The number of hydrogen-bond acceptors (Lipinski definition) is 6. The Morgan fingerprint density at radius 3 is 2.61 bits per heavy atom. The van der Waals surface area contributed by atoms with Crippen molar-refractivity contribution in [3.8, 4) is 5.88 Å². The largest absolute Gasteiger partial charge is 0.478 e. The van der Waals surface area contributed by atoms with E-state index in [-0.39, 0.29) is 11.7 Å². The molecule has 214 valence electrons. The smallest absolute Gasteiger partial charge is 0.335 e. The molecule has 0 spiro atoms. The number of carboxylic acid groups (broad SMARTS) is 1. The molecule has 4 heterocycles. The molecular formula is C32H37N5O4. The number of carbonyl (C=O) groups is 1. The van der Waals surface area contributed by atoms with Gasteiger partial charge in [0.15, 0.2) is 0 Å². The van der Waals surface area contributed by atoms with Gasteiger partial charge >= 0.3 is 5.97 Å². The third kappa shape index (κ3) is 5.36. The molecule has 2 aliphatic heterocycles. The van der Waals surface area contributed by atoms with E-state index in [9.17, 15) is 9.90 Å². The first-order valence-corrected chi connectivity index (χ1v) is 15.0. The van der Waals surface area contributed by atoms with Crippen LogP contribution >= 0.6 is 0 Å². The summed E-state index contributed by atoms with van der Waals surface area (Å²) >= 11 is 0. The fraction of sp³-hybridized carbons (Fsp3) is 0.469. The van der Waals surface area contributed by atoms with Crippen LogP contribution in [0, 0.1) is 0 Å². The van der Waals surface area contributed by atoms with Crippen LogP contribution in [-0.2, 0) is 37.3 Å². The topological polar surface area (TPSA) is 94.6 Å². The molecule has 0 amide bonds. The molecule has 2 aromatic carbocycles. The van der Waals surface area contributed by atoms with Gasteiger partial charge in [0.2, 0.25) is 5.88 Å². The maximum atomic E-state index is 11.6. The highest BCUT2D eigenvalue weighted by Crippen LogP contribution is 2.35. The SMILES string of the molecule is O=C(O)c1ccc2nc(CN3CCC(n4nc(OCc5ccccc5)c5c4CCCC5)CC3)n(C[C@@H]3CCO3)c2c1. The molecule has 1 N–H and O–H groups in total. The van der Waals surface area contributed by atoms with Gasteiger partial charge in [-0.05, 0) is 68.7 Å². The third-order valence-electron chi connectivity index (χ3n) is 8.91. The second-order valence-corrected chi connectivity index (χ2v) is 11.6. The lowest BCUT2D eigenvalue weighted by Crippen LogP contribution is -2.36. The Balaban J connectivity index is 1.06. The first-order valence-electron chi connectivity index (χ1n) is 15.0. The number of aromatic nitrogens is 4. The number of nitrogens with zero attached hydrogens (tertiary/aromatic N) is 5. The fourth-order valence-corrected chi connectivity index (χ4v) is 6.52. The van der Waals surface area contributed by atoms with Crippen molar-refractivity contribution in [2.75, 3.05) is 19.7 Å². The molecule has 7 rings (SSSR count). The summed E-state index contributed by atoms with van der Waals surface area (Å²) < 4.78 is 16.5. The van der Waals surface area contributed by atoms with E-state index in [1.54, 1.807) is 12.1 Å². The van der Waals surface area contributed by atoms with Crippen LogP contribution in [0.3, 0.4) is 0 Å². The Morgan fingerprint density at radius 2 is 1.85 bits per heavy atom. The van der Waals surface area contributed by atoms with Crippen LogP contribution in [0.5, 0.6) is 5.88 Å². The number of hydrogen-bond donors (Lipinski definition) is 1. The van der Waals surface area contributed by atoms with Crippen molar-refractivity contribution in [3.05, 3.63) is 76.7 Å². The average Bonchev–Trinajstić information content (AvgIpc) is 3.52. The van der Waals surface area contributed by atoms with Crippen LogP contribution in [0.1, 0.15) is 71.1 Å². The van der Waals surface area contributed by atoms with Gasteiger partial charge in [0.1, 0.15) is 12.4 Å². The minimum absolute atomic E-state index is 0.162. The number of imidazole rings is 1. The minimum Gasteiger partial charge on any atom is -0.478 e. The van der Waals surface area contributed by atoms with Crippen LogP contribution in [0.15, 0.2) is 48.5 Å². The molecule has 3 aliphatic rings. The Bertz CT molecular complexity index is 1530. The van der Waals surface area contributed by atoms with Gasteiger partial charge in [0.05, 0.1) is 41.8 Å². The summed E-state index contributed by atoms with van der Waals surface area (Å²) in [6, 6.07) is 15.9. The molecule has 2 saturated heterocycles. The number of benzene rings is 2. The van der Waals surface area contributed by atoms with Crippen LogP contribution < -0.4 is 4.74 Å². The van der Waals surface area contributed by atoms with Gasteiger partial charge in [-0.1, -0.05) is 30.3 Å². The zero-order valence-electron chi connectivity index (χ0n) is 23.4. The van der Waals surface area contributed by atoms with Crippen molar-refractivity contribution in [2.45, 2.75) is 76.8 Å². The summed E-state index contributed by atoms with van der Waals surface area (Å²) in [5.41, 5.74) is 5.84. The predicted molar refractivity (Wildman–Crippen MR) is 154 cm³/mol. The quantitative estimate of drug-likeness (QED) is 0.310. The van der Waals surface area contributed by atoms with E-state index in [2.05, 4.69) is 26.3 Å². The molecular weight excluding hydrogens is 518 g/mol. The maximum Gasteiger partial charge on any atom is 0.335 e. The second kappa shape index (κ2) is 11.3. The summed E-state index contributed by atoms with van der Waals surface area (Å²) in [5, 5.41) is 14.6. The summed E-state index contributed by atoms with van der Waals surface area (Å²) in [6.07, 6.45) is 7.76.